The molecule has 1 aromatic rings. The van der Waals surface area contributed by atoms with E-state index in [1.807, 2.05) is 17.0 Å². The summed E-state index contributed by atoms with van der Waals surface area (Å²) >= 11 is 0. The van der Waals surface area contributed by atoms with Crippen LogP contribution in [0.3, 0.4) is 0 Å². The molecule has 2 aliphatic rings. The number of aromatic nitrogens is 1. The van der Waals surface area contributed by atoms with E-state index in [0.717, 1.165) is 31.7 Å². The zero-order valence-electron chi connectivity index (χ0n) is 15.2. The van der Waals surface area contributed by atoms with Gasteiger partial charge in [-0.3, -0.25) is 14.7 Å². The van der Waals surface area contributed by atoms with Crippen LogP contribution in [0, 0.1) is 11.8 Å². The van der Waals surface area contributed by atoms with Crippen LogP contribution in [0.2, 0.25) is 0 Å². The number of rotatable bonds is 5. The number of hydrogen-bond donors (Lipinski definition) is 1. The lowest BCUT2D eigenvalue weighted by molar-refractivity contribution is -0.129. The van der Waals surface area contributed by atoms with Crippen molar-refractivity contribution in [3.8, 4) is 0 Å². The Labute approximate surface area is 149 Å². The number of pyridine rings is 1. The number of ether oxygens (including phenoxy) is 1. The van der Waals surface area contributed by atoms with Gasteiger partial charge in [0, 0.05) is 57.6 Å². The minimum atomic E-state index is 0.123. The summed E-state index contributed by atoms with van der Waals surface area (Å²) in [5, 5.41) is 9.77. The van der Waals surface area contributed by atoms with E-state index in [1.54, 1.807) is 12.4 Å². The zero-order chi connectivity index (χ0) is 17.8. The fourth-order valence-corrected chi connectivity index (χ4v) is 4.11. The van der Waals surface area contributed by atoms with Crippen molar-refractivity contribution in [3.05, 3.63) is 30.1 Å². The second-order valence-corrected chi connectivity index (χ2v) is 7.52. The first-order valence-electron chi connectivity index (χ1n) is 9.20. The lowest BCUT2D eigenvalue weighted by Crippen LogP contribution is -2.48. The molecule has 0 aliphatic carbocycles. The predicted molar refractivity (Wildman–Crippen MR) is 95.0 cm³/mol. The fraction of sp³-hybridized carbons (Fsp3) is 0.684. The van der Waals surface area contributed by atoms with Crippen LogP contribution in [0.1, 0.15) is 19.4 Å². The summed E-state index contributed by atoms with van der Waals surface area (Å²) in [6, 6.07) is 3.78. The molecule has 3 rings (SSSR count). The third kappa shape index (κ3) is 4.77. The highest BCUT2D eigenvalue weighted by Crippen LogP contribution is 2.26. The number of amides is 1. The van der Waals surface area contributed by atoms with Crippen LogP contribution in [0.15, 0.2) is 24.5 Å². The molecule has 2 aliphatic heterocycles. The van der Waals surface area contributed by atoms with Crippen LogP contribution < -0.4 is 0 Å². The van der Waals surface area contributed by atoms with Crippen molar-refractivity contribution < 1.29 is 14.6 Å². The Hall–Kier alpha value is -1.50. The Morgan fingerprint density at radius 1 is 1.24 bits per heavy atom. The first-order valence-corrected chi connectivity index (χ1v) is 9.20. The van der Waals surface area contributed by atoms with Crippen molar-refractivity contribution in [3.63, 3.8) is 0 Å². The molecule has 0 saturated carbocycles. The Kier molecular flexibility index (Phi) is 6.04. The molecule has 0 bridgehead atoms. The lowest BCUT2D eigenvalue weighted by atomic mass is 9.96. The van der Waals surface area contributed by atoms with Gasteiger partial charge in [-0.15, -0.1) is 0 Å². The van der Waals surface area contributed by atoms with Crippen LogP contribution in [-0.2, 0) is 16.0 Å². The molecule has 0 radical (unpaired) electrons. The Bertz CT molecular complexity index is 558. The van der Waals surface area contributed by atoms with Crippen molar-refractivity contribution in [2.45, 2.75) is 32.5 Å². The van der Waals surface area contributed by atoms with Gasteiger partial charge >= 0.3 is 0 Å². The third-order valence-corrected chi connectivity index (χ3v) is 5.23. The van der Waals surface area contributed by atoms with Crippen molar-refractivity contribution >= 4 is 5.91 Å². The van der Waals surface area contributed by atoms with E-state index in [-0.39, 0.29) is 30.6 Å². The van der Waals surface area contributed by atoms with Gasteiger partial charge in [0.2, 0.25) is 5.91 Å². The van der Waals surface area contributed by atoms with Crippen LogP contribution in [-0.4, -0.2) is 77.3 Å². The van der Waals surface area contributed by atoms with Crippen LogP contribution in [0.25, 0.3) is 0 Å². The quantitative estimate of drug-likeness (QED) is 0.853. The summed E-state index contributed by atoms with van der Waals surface area (Å²) < 4.78 is 5.80. The minimum absolute atomic E-state index is 0.123. The maximum atomic E-state index is 12.6. The largest absolute Gasteiger partial charge is 0.396 e. The summed E-state index contributed by atoms with van der Waals surface area (Å²) in [5.41, 5.74) is 0.937. The van der Waals surface area contributed by atoms with Gasteiger partial charge in [0.15, 0.2) is 0 Å². The molecule has 1 N–H and O–H groups in total. The maximum absolute atomic E-state index is 12.6. The first kappa shape index (κ1) is 18.3. The molecular weight excluding hydrogens is 318 g/mol. The number of aliphatic hydroxyl groups excluding tert-OH is 1. The molecule has 25 heavy (non-hydrogen) atoms. The summed E-state index contributed by atoms with van der Waals surface area (Å²) in [7, 11) is 0. The highest BCUT2D eigenvalue weighted by atomic mass is 16.5. The smallest absolute Gasteiger partial charge is 0.227 e. The Balaban J connectivity index is 1.57. The number of hydrogen-bond acceptors (Lipinski definition) is 5. The van der Waals surface area contributed by atoms with Crippen molar-refractivity contribution in [1.82, 2.24) is 14.8 Å². The van der Waals surface area contributed by atoms with E-state index in [0.29, 0.717) is 18.9 Å². The summed E-state index contributed by atoms with van der Waals surface area (Å²) in [6.45, 7) is 8.47. The van der Waals surface area contributed by atoms with Gasteiger partial charge in [-0.25, -0.2) is 0 Å². The molecule has 138 valence electrons. The highest BCUT2D eigenvalue weighted by molar-refractivity contribution is 5.79. The average Bonchev–Trinajstić information content (AvgIpc) is 2.98. The topological polar surface area (TPSA) is 65.9 Å². The standard InChI is InChI=1S/C19H29N3O3/c1-14-8-21(9-15(2)25-14)10-17-11-22(12-18(17)13-23)19(24)6-16-4-3-5-20-7-16/h3-5,7,14-15,17-18,23H,6,8-13H2,1-2H3. The number of morpholine rings is 1. The molecule has 2 saturated heterocycles. The number of carbonyl (C=O) groups is 1. The Morgan fingerprint density at radius 3 is 2.60 bits per heavy atom. The van der Waals surface area contributed by atoms with Crippen molar-refractivity contribution in [2.75, 3.05) is 39.3 Å². The van der Waals surface area contributed by atoms with E-state index in [1.165, 1.54) is 0 Å². The van der Waals surface area contributed by atoms with Crippen LogP contribution >= 0.6 is 0 Å². The van der Waals surface area contributed by atoms with Crippen LogP contribution in [0.4, 0.5) is 0 Å². The van der Waals surface area contributed by atoms with Gasteiger partial charge < -0.3 is 14.7 Å². The zero-order valence-corrected chi connectivity index (χ0v) is 15.2. The summed E-state index contributed by atoms with van der Waals surface area (Å²) in [4.78, 5) is 21.0. The van der Waals surface area contributed by atoms with E-state index in [4.69, 9.17) is 4.74 Å². The number of aliphatic hydroxyl groups is 1. The van der Waals surface area contributed by atoms with Crippen molar-refractivity contribution in [1.29, 1.82) is 0 Å². The number of nitrogens with zero attached hydrogens (tertiary/aromatic N) is 3. The molecule has 1 aromatic heterocycles. The Morgan fingerprint density at radius 2 is 1.96 bits per heavy atom. The van der Waals surface area contributed by atoms with E-state index in [9.17, 15) is 9.90 Å². The van der Waals surface area contributed by atoms with Gasteiger partial charge in [-0.05, 0) is 31.4 Å². The number of likely N-dealkylation sites (tertiary alicyclic amines) is 1. The van der Waals surface area contributed by atoms with Gasteiger partial charge in [0.25, 0.3) is 0 Å². The lowest BCUT2D eigenvalue weighted by Gasteiger charge is -2.37. The number of carbonyl (C=O) groups excluding carboxylic acids is 1. The predicted octanol–water partition coefficient (Wildman–Crippen LogP) is 0.800. The van der Waals surface area contributed by atoms with Gasteiger partial charge in [-0.1, -0.05) is 6.07 Å². The van der Waals surface area contributed by atoms with E-state index < -0.39 is 0 Å². The van der Waals surface area contributed by atoms with Crippen LogP contribution in [0.5, 0.6) is 0 Å². The minimum Gasteiger partial charge on any atom is -0.396 e. The molecule has 4 atom stereocenters. The molecule has 3 heterocycles. The van der Waals surface area contributed by atoms with E-state index in [2.05, 4.69) is 23.7 Å². The summed E-state index contributed by atoms with van der Waals surface area (Å²) in [6.07, 6.45) is 4.31. The van der Waals surface area contributed by atoms with Gasteiger partial charge in [-0.2, -0.15) is 0 Å². The molecule has 4 unspecified atom stereocenters. The van der Waals surface area contributed by atoms with Gasteiger partial charge in [0.05, 0.1) is 18.6 Å². The molecule has 0 spiro atoms. The van der Waals surface area contributed by atoms with E-state index >= 15 is 0 Å². The molecule has 1 amide bonds. The third-order valence-electron chi connectivity index (χ3n) is 5.23. The summed E-state index contributed by atoms with van der Waals surface area (Å²) in [5.74, 6) is 0.601. The van der Waals surface area contributed by atoms with Gasteiger partial charge in [0.1, 0.15) is 0 Å². The second-order valence-electron chi connectivity index (χ2n) is 7.52. The molecular formula is C19H29N3O3. The first-order chi connectivity index (χ1) is 12.0. The molecule has 6 nitrogen and oxygen atoms in total. The SMILES string of the molecule is CC1CN(CC2CN(C(=O)Cc3cccnc3)CC2CO)CC(C)O1. The van der Waals surface area contributed by atoms with Crippen molar-refractivity contribution in [2.24, 2.45) is 11.8 Å². The second kappa shape index (κ2) is 8.25. The fourth-order valence-electron chi connectivity index (χ4n) is 4.11. The highest BCUT2D eigenvalue weighted by Gasteiger charge is 2.36. The molecule has 6 heteroatoms. The monoisotopic (exact) mass is 347 g/mol. The average molecular weight is 347 g/mol. The molecule has 0 aromatic carbocycles. The molecule has 2 fully saturated rings. The normalized spacial score (nSPS) is 30.6. The maximum Gasteiger partial charge on any atom is 0.227 e.